The predicted molar refractivity (Wildman–Crippen MR) is 129 cm³/mol. The maximum Gasteiger partial charge on any atom is 0.257 e. The van der Waals surface area contributed by atoms with Gasteiger partial charge in [0.25, 0.3) is 5.56 Å². The first-order valence-electron chi connectivity index (χ1n) is 10.9. The first kappa shape index (κ1) is 22.9. The minimum absolute atomic E-state index is 0.159. The molecule has 0 saturated carbocycles. The zero-order valence-electron chi connectivity index (χ0n) is 18.9. The molecule has 1 atom stereocenters. The molecule has 2 aromatic carbocycles. The van der Waals surface area contributed by atoms with Crippen LogP contribution < -0.4 is 20.3 Å². The highest BCUT2D eigenvalue weighted by Crippen LogP contribution is 2.38. The van der Waals surface area contributed by atoms with E-state index in [2.05, 4.69) is 22.2 Å². The predicted octanol–water partition coefficient (Wildman–Crippen LogP) is 4.64. The van der Waals surface area contributed by atoms with Gasteiger partial charge in [-0.25, -0.2) is 4.98 Å². The van der Waals surface area contributed by atoms with Gasteiger partial charge in [-0.2, -0.15) is 0 Å². The number of carbonyl (C=O) groups is 1. The van der Waals surface area contributed by atoms with Gasteiger partial charge in [0, 0.05) is 18.1 Å². The van der Waals surface area contributed by atoms with Crippen molar-refractivity contribution < 1.29 is 14.3 Å². The molecule has 3 aromatic rings. The third-order valence-electron chi connectivity index (χ3n) is 5.61. The highest BCUT2D eigenvalue weighted by molar-refractivity contribution is 7.99. The van der Waals surface area contributed by atoms with Crippen molar-refractivity contribution in [3.05, 3.63) is 75.1 Å². The number of carbonyl (C=O) groups excluding carboxylic acids is 1. The fourth-order valence-electron chi connectivity index (χ4n) is 3.85. The molecule has 0 saturated heterocycles. The molecule has 1 aliphatic rings. The van der Waals surface area contributed by atoms with E-state index in [0.29, 0.717) is 34.6 Å². The summed E-state index contributed by atoms with van der Waals surface area (Å²) in [5, 5.41) is 3.27. The van der Waals surface area contributed by atoms with Crippen LogP contribution in [0.2, 0.25) is 0 Å². The van der Waals surface area contributed by atoms with Gasteiger partial charge in [-0.1, -0.05) is 49.0 Å². The second kappa shape index (κ2) is 10.1. The van der Waals surface area contributed by atoms with Crippen LogP contribution in [0.25, 0.3) is 0 Å². The summed E-state index contributed by atoms with van der Waals surface area (Å²) in [6.07, 6.45) is 1.12. The number of hydrogen-bond donors (Lipinski definition) is 2. The Kier molecular flexibility index (Phi) is 7.03. The monoisotopic (exact) mass is 465 g/mol. The number of aryl methyl sites for hydroxylation is 1. The average Bonchev–Trinajstić information content (AvgIpc) is 2.81. The lowest BCUT2D eigenvalue weighted by Gasteiger charge is -2.25. The van der Waals surface area contributed by atoms with Crippen molar-refractivity contribution >= 4 is 23.5 Å². The van der Waals surface area contributed by atoms with Gasteiger partial charge in [-0.3, -0.25) is 9.59 Å². The second-order valence-corrected chi connectivity index (χ2v) is 9.00. The first-order chi connectivity index (χ1) is 16.0. The largest absolute Gasteiger partial charge is 0.493 e. The molecule has 0 aliphatic carbocycles. The van der Waals surface area contributed by atoms with Gasteiger partial charge >= 0.3 is 0 Å². The van der Waals surface area contributed by atoms with Gasteiger partial charge in [0.05, 0.1) is 12.7 Å². The summed E-state index contributed by atoms with van der Waals surface area (Å²) in [5.41, 5.74) is 3.28. The number of amides is 1. The standard InChI is InChI=1S/C25H27N3O4S/c1-4-11-33-25-27-23-22(24(30)28-25)18(13-21(29)26-23)16-9-10-19(20(12-16)31-3)32-14-17-8-6-5-7-15(17)2/h5-10,12,18H,4,11,13-14H2,1-3H3,(H2,26,27,28,29,30). The molecule has 0 fully saturated rings. The van der Waals surface area contributed by atoms with Crippen LogP contribution in [0, 0.1) is 6.92 Å². The molecule has 4 rings (SSSR count). The van der Waals surface area contributed by atoms with Gasteiger partial charge in [0.2, 0.25) is 5.91 Å². The Hall–Kier alpha value is -3.26. The third-order valence-corrected chi connectivity index (χ3v) is 6.69. The molecule has 8 heteroatoms. The maximum absolute atomic E-state index is 12.9. The van der Waals surface area contributed by atoms with Crippen molar-refractivity contribution in [3.8, 4) is 11.5 Å². The van der Waals surface area contributed by atoms with Crippen molar-refractivity contribution in [3.63, 3.8) is 0 Å². The van der Waals surface area contributed by atoms with Crippen LogP contribution in [0.5, 0.6) is 11.5 Å². The van der Waals surface area contributed by atoms with Crippen molar-refractivity contribution in [2.24, 2.45) is 0 Å². The molecule has 1 aromatic heterocycles. The second-order valence-electron chi connectivity index (χ2n) is 7.91. The molecular weight excluding hydrogens is 438 g/mol. The van der Waals surface area contributed by atoms with E-state index in [-0.39, 0.29) is 17.9 Å². The molecule has 1 aliphatic heterocycles. The first-order valence-corrected chi connectivity index (χ1v) is 11.9. The Balaban J connectivity index is 1.63. The van der Waals surface area contributed by atoms with E-state index >= 15 is 0 Å². The number of H-pyrrole nitrogens is 1. The Bertz CT molecular complexity index is 1220. The fourth-order valence-corrected chi connectivity index (χ4v) is 4.57. The van der Waals surface area contributed by atoms with E-state index < -0.39 is 5.92 Å². The van der Waals surface area contributed by atoms with Crippen molar-refractivity contribution in [2.75, 3.05) is 18.2 Å². The number of benzene rings is 2. The van der Waals surface area contributed by atoms with E-state index in [0.717, 1.165) is 28.9 Å². The number of nitrogens with zero attached hydrogens (tertiary/aromatic N) is 1. The van der Waals surface area contributed by atoms with Crippen LogP contribution in [-0.2, 0) is 11.4 Å². The third kappa shape index (κ3) is 5.06. The molecule has 1 amide bonds. The summed E-state index contributed by atoms with van der Waals surface area (Å²) in [6, 6.07) is 13.6. The number of nitrogens with one attached hydrogen (secondary N) is 2. The van der Waals surface area contributed by atoms with Gasteiger partial charge in [0.15, 0.2) is 16.7 Å². The molecule has 1 unspecified atom stereocenters. The van der Waals surface area contributed by atoms with Gasteiger partial charge < -0.3 is 19.8 Å². The summed E-state index contributed by atoms with van der Waals surface area (Å²) >= 11 is 1.46. The van der Waals surface area contributed by atoms with E-state index in [1.807, 2.05) is 49.4 Å². The van der Waals surface area contributed by atoms with Gasteiger partial charge in [-0.05, 0) is 42.2 Å². The zero-order valence-corrected chi connectivity index (χ0v) is 19.8. The molecule has 172 valence electrons. The molecular formula is C25H27N3O4S. The lowest BCUT2D eigenvalue weighted by atomic mass is 9.86. The van der Waals surface area contributed by atoms with Crippen LogP contribution >= 0.6 is 11.8 Å². The highest BCUT2D eigenvalue weighted by Gasteiger charge is 2.31. The molecule has 0 bridgehead atoms. The van der Waals surface area contributed by atoms with Gasteiger partial charge in [-0.15, -0.1) is 0 Å². The number of aromatic nitrogens is 2. The van der Waals surface area contributed by atoms with Crippen molar-refractivity contribution in [2.45, 2.75) is 44.4 Å². The smallest absolute Gasteiger partial charge is 0.257 e. The minimum Gasteiger partial charge on any atom is -0.493 e. The number of ether oxygens (including phenoxy) is 2. The SMILES string of the molecule is CCCSc1nc2c(c(=O)[nH]1)C(c1ccc(OCc3ccccc3C)c(OC)c1)CC(=O)N2. The summed E-state index contributed by atoms with van der Waals surface area (Å²) in [7, 11) is 1.58. The van der Waals surface area contributed by atoms with Crippen LogP contribution in [0.15, 0.2) is 52.4 Å². The van der Waals surface area contributed by atoms with Crippen LogP contribution in [-0.4, -0.2) is 28.7 Å². The molecule has 2 N–H and O–H groups in total. The number of hydrogen-bond acceptors (Lipinski definition) is 6. The molecule has 0 radical (unpaired) electrons. The Morgan fingerprint density at radius 3 is 2.73 bits per heavy atom. The number of methoxy groups -OCH3 is 1. The van der Waals surface area contributed by atoms with Crippen molar-refractivity contribution in [1.82, 2.24) is 9.97 Å². The average molecular weight is 466 g/mol. The number of anilines is 1. The lowest BCUT2D eigenvalue weighted by molar-refractivity contribution is -0.116. The summed E-state index contributed by atoms with van der Waals surface area (Å²) in [4.78, 5) is 32.7. The maximum atomic E-state index is 12.9. The molecule has 7 nitrogen and oxygen atoms in total. The molecule has 33 heavy (non-hydrogen) atoms. The Morgan fingerprint density at radius 2 is 1.97 bits per heavy atom. The number of thioether (sulfide) groups is 1. The summed E-state index contributed by atoms with van der Waals surface area (Å²) < 4.78 is 11.6. The topological polar surface area (TPSA) is 93.3 Å². The van der Waals surface area contributed by atoms with Crippen LogP contribution in [0.3, 0.4) is 0 Å². The van der Waals surface area contributed by atoms with E-state index in [1.54, 1.807) is 7.11 Å². The summed E-state index contributed by atoms with van der Waals surface area (Å²) in [5.74, 6) is 1.72. The highest BCUT2D eigenvalue weighted by atomic mass is 32.2. The number of fused-ring (bicyclic) bond motifs is 1. The van der Waals surface area contributed by atoms with E-state index in [9.17, 15) is 9.59 Å². The Morgan fingerprint density at radius 1 is 1.15 bits per heavy atom. The number of aromatic amines is 1. The van der Waals surface area contributed by atoms with E-state index in [1.165, 1.54) is 11.8 Å². The fraction of sp³-hybridized carbons (Fsp3) is 0.320. The summed E-state index contributed by atoms with van der Waals surface area (Å²) in [6.45, 7) is 4.52. The lowest BCUT2D eigenvalue weighted by Crippen LogP contribution is -2.31. The van der Waals surface area contributed by atoms with E-state index in [4.69, 9.17) is 9.47 Å². The normalized spacial score (nSPS) is 15.0. The minimum atomic E-state index is -0.422. The zero-order chi connectivity index (χ0) is 23.4. The molecule has 2 heterocycles. The van der Waals surface area contributed by atoms with Gasteiger partial charge in [0.1, 0.15) is 12.4 Å². The van der Waals surface area contributed by atoms with Crippen LogP contribution in [0.4, 0.5) is 5.82 Å². The van der Waals surface area contributed by atoms with Crippen LogP contribution in [0.1, 0.15) is 47.9 Å². The quantitative estimate of drug-likeness (QED) is 0.372. The number of rotatable bonds is 8. The molecule has 0 spiro atoms. The van der Waals surface area contributed by atoms with Crippen molar-refractivity contribution in [1.29, 1.82) is 0 Å². The Labute approximate surface area is 196 Å².